The van der Waals surface area contributed by atoms with Crippen LogP contribution in [-0.2, 0) is 4.74 Å². The molecule has 0 unspecified atom stereocenters. The number of benzene rings is 1. The molecule has 25 heavy (non-hydrogen) atoms. The highest BCUT2D eigenvalue weighted by atomic mass is 35.5. The van der Waals surface area contributed by atoms with Crippen LogP contribution in [0.4, 0.5) is 23.7 Å². The molecule has 0 aromatic heterocycles. The number of likely N-dealkylation sites (N-methyl/N-ethyl adjacent to an activating group) is 1. The van der Waals surface area contributed by atoms with Crippen LogP contribution in [0, 0.1) is 0 Å². The van der Waals surface area contributed by atoms with Crippen molar-refractivity contribution in [2.45, 2.75) is 12.6 Å². The maximum Gasteiger partial charge on any atom is 0.422 e. The first-order chi connectivity index (χ1) is 11.7. The van der Waals surface area contributed by atoms with Gasteiger partial charge in [-0.15, -0.1) is 0 Å². The average Bonchev–Trinajstić information content (AvgIpc) is 2.54. The monoisotopic (exact) mass is 378 g/mol. The third kappa shape index (κ3) is 6.47. The number of urea groups is 1. The second-order valence-corrected chi connectivity index (χ2v) is 5.97. The molecule has 0 bridgehead atoms. The van der Waals surface area contributed by atoms with Crippen molar-refractivity contribution in [3.63, 3.8) is 0 Å². The van der Waals surface area contributed by atoms with Gasteiger partial charge in [-0.3, -0.25) is 0 Å². The predicted molar refractivity (Wildman–Crippen MR) is 88.2 cm³/mol. The number of rotatable bonds is 5. The van der Waals surface area contributed by atoms with Crippen molar-refractivity contribution in [3.05, 3.63) is 34.9 Å². The molecule has 0 atom stereocenters. The van der Waals surface area contributed by atoms with E-state index in [1.807, 2.05) is 6.08 Å². The fraction of sp³-hybridized carbons (Fsp3) is 0.438. The highest BCUT2D eigenvalue weighted by Crippen LogP contribution is 2.30. The molecule has 2 amide bonds. The van der Waals surface area contributed by atoms with Crippen LogP contribution in [0.1, 0.15) is 6.42 Å². The number of alkyl halides is 3. The van der Waals surface area contributed by atoms with Crippen LogP contribution in [0.5, 0.6) is 5.75 Å². The number of anilines is 1. The first-order valence-corrected chi connectivity index (χ1v) is 7.89. The van der Waals surface area contributed by atoms with Crippen LogP contribution in [0.15, 0.2) is 29.8 Å². The molecule has 0 aliphatic carbocycles. The lowest BCUT2D eigenvalue weighted by atomic mass is 10.2. The van der Waals surface area contributed by atoms with E-state index in [4.69, 9.17) is 21.1 Å². The van der Waals surface area contributed by atoms with Gasteiger partial charge in [0.25, 0.3) is 0 Å². The number of carbonyl (C=O) groups is 1. The minimum atomic E-state index is -4.48. The van der Waals surface area contributed by atoms with Gasteiger partial charge < -0.3 is 19.7 Å². The molecule has 1 aromatic carbocycles. The highest BCUT2D eigenvalue weighted by Gasteiger charge is 2.29. The molecule has 5 nitrogen and oxygen atoms in total. The van der Waals surface area contributed by atoms with E-state index in [1.165, 1.54) is 23.1 Å². The molecule has 0 saturated carbocycles. The summed E-state index contributed by atoms with van der Waals surface area (Å²) in [6.07, 6.45) is -1.69. The molecule has 2 rings (SSSR count). The van der Waals surface area contributed by atoms with Crippen molar-refractivity contribution in [1.29, 1.82) is 0 Å². The third-order valence-electron chi connectivity index (χ3n) is 3.34. The largest absolute Gasteiger partial charge is 0.482 e. The summed E-state index contributed by atoms with van der Waals surface area (Å²) in [6.45, 7) is -0.000728. The molecule has 1 aliphatic heterocycles. The number of nitrogens with one attached hydrogen (secondary N) is 1. The Morgan fingerprint density at radius 3 is 2.84 bits per heavy atom. The van der Waals surface area contributed by atoms with Crippen molar-refractivity contribution in [2.75, 3.05) is 38.7 Å². The second-order valence-electron chi connectivity index (χ2n) is 5.53. The van der Waals surface area contributed by atoms with E-state index in [0.29, 0.717) is 19.8 Å². The molecule has 0 radical (unpaired) electrons. The van der Waals surface area contributed by atoms with E-state index >= 15 is 0 Å². The van der Waals surface area contributed by atoms with Crippen molar-refractivity contribution < 1.29 is 27.4 Å². The summed E-state index contributed by atoms with van der Waals surface area (Å²) >= 11 is 5.86. The van der Waals surface area contributed by atoms with E-state index in [1.54, 1.807) is 7.05 Å². The molecule has 9 heteroatoms. The Kier molecular flexibility index (Phi) is 6.55. The third-order valence-corrected chi connectivity index (χ3v) is 3.58. The molecule has 138 valence electrons. The molecular formula is C16H18ClF3N2O3. The number of halogens is 4. The molecule has 0 fully saturated rings. The summed E-state index contributed by atoms with van der Waals surface area (Å²) in [7, 11) is 1.57. The Morgan fingerprint density at radius 1 is 1.44 bits per heavy atom. The lowest BCUT2D eigenvalue weighted by Crippen LogP contribution is -2.34. The summed E-state index contributed by atoms with van der Waals surface area (Å²) in [5.74, 6) is -0.108. The topological polar surface area (TPSA) is 50.8 Å². The quantitative estimate of drug-likeness (QED) is 0.785. The van der Waals surface area contributed by atoms with Gasteiger partial charge in [-0.05, 0) is 30.2 Å². The Balaban J connectivity index is 2.03. The number of hydrogen-bond acceptors (Lipinski definition) is 3. The fourth-order valence-corrected chi connectivity index (χ4v) is 2.36. The summed E-state index contributed by atoms with van der Waals surface area (Å²) in [4.78, 5) is 13.7. The van der Waals surface area contributed by atoms with E-state index in [9.17, 15) is 18.0 Å². The lowest BCUT2D eigenvalue weighted by Gasteiger charge is -2.22. The van der Waals surface area contributed by atoms with E-state index in [2.05, 4.69) is 5.32 Å². The van der Waals surface area contributed by atoms with Crippen molar-refractivity contribution in [3.8, 4) is 5.75 Å². The normalized spacial score (nSPS) is 14.7. The number of nitrogens with zero attached hydrogens (tertiary/aromatic N) is 1. The van der Waals surface area contributed by atoms with Crippen LogP contribution < -0.4 is 10.1 Å². The first kappa shape index (κ1) is 19.4. The molecular weight excluding hydrogens is 361 g/mol. The lowest BCUT2D eigenvalue weighted by molar-refractivity contribution is -0.153. The second kappa shape index (κ2) is 8.44. The Labute approximate surface area is 148 Å². The summed E-state index contributed by atoms with van der Waals surface area (Å²) in [5.41, 5.74) is 1.03. The van der Waals surface area contributed by atoms with Gasteiger partial charge in [0.2, 0.25) is 0 Å². The Bertz CT molecular complexity index is 650. The smallest absolute Gasteiger partial charge is 0.422 e. The minimum absolute atomic E-state index is 0.0717. The fourth-order valence-electron chi connectivity index (χ4n) is 2.19. The molecule has 1 heterocycles. The molecule has 0 saturated heterocycles. The molecule has 1 aliphatic rings. The molecule has 1 aromatic rings. The Hall–Kier alpha value is -1.93. The first-order valence-electron chi connectivity index (χ1n) is 7.51. The van der Waals surface area contributed by atoms with Gasteiger partial charge >= 0.3 is 12.2 Å². The van der Waals surface area contributed by atoms with Crippen molar-refractivity contribution in [1.82, 2.24) is 4.90 Å². The summed E-state index contributed by atoms with van der Waals surface area (Å²) in [5, 5.41) is 2.78. The van der Waals surface area contributed by atoms with Crippen LogP contribution in [-0.4, -0.2) is 50.5 Å². The zero-order valence-electron chi connectivity index (χ0n) is 13.5. The van der Waals surface area contributed by atoms with Gasteiger partial charge in [-0.2, -0.15) is 13.2 Å². The van der Waals surface area contributed by atoms with E-state index in [0.717, 1.165) is 12.0 Å². The molecule has 1 N–H and O–H groups in total. The van der Waals surface area contributed by atoms with Gasteiger partial charge in [0, 0.05) is 18.6 Å². The van der Waals surface area contributed by atoms with E-state index in [-0.39, 0.29) is 16.5 Å². The molecule has 0 spiro atoms. The van der Waals surface area contributed by atoms with Crippen LogP contribution in [0.3, 0.4) is 0 Å². The van der Waals surface area contributed by atoms with Crippen LogP contribution in [0.25, 0.3) is 0 Å². The van der Waals surface area contributed by atoms with Gasteiger partial charge in [0.05, 0.1) is 18.9 Å². The van der Waals surface area contributed by atoms with Crippen LogP contribution in [0.2, 0.25) is 5.02 Å². The number of hydrogen-bond donors (Lipinski definition) is 1. The number of carbonyl (C=O) groups excluding carboxylic acids is 1. The maximum absolute atomic E-state index is 12.3. The SMILES string of the molecule is CN(CC1=CCCOC1)C(=O)Nc1cc(Cl)ccc1OCC(F)(F)F. The van der Waals surface area contributed by atoms with Crippen molar-refractivity contribution >= 4 is 23.3 Å². The zero-order chi connectivity index (χ0) is 18.4. The average molecular weight is 379 g/mol. The Morgan fingerprint density at radius 2 is 2.20 bits per heavy atom. The van der Waals surface area contributed by atoms with Gasteiger partial charge in [-0.1, -0.05) is 17.7 Å². The van der Waals surface area contributed by atoms with Crippen molar-refractivity contribution in [2.24, 2.45) is 0 Å². The minimum Gasteiger partial charge on any atom is -0.482 e. The van der Waals surface area contributed by atoms with Gasteiger partial charge in [0.1, 0.15) is 5.75 Å². The van der Waals surface area contributed by atoms with E-state index < -0.39 is 18.8 Å². The van der Waals surface area contributed by atoms with Crippen LogP contribution >= 0.6 is 11.6 Å². The summed E-state index contributed by atoms with van der Waals surface area (Å²) in [6, 6.07) is 3.51. The number of amides is 2. The van der Waals surface area contributed by atoms with Gasteiger partial charge in [-0.25, -0.2) is 4.79 Å². The highest BCUT2D eigenvalue weighted by molar-refractivity contribution is 6.31. The standard InChI is InChI=1S/C16H18ClF3N2O3/c1-22(8-11-3-2-6-24-9-11)15(23)21-13-7-12(17)4-5-14(13)25-10-16(18,19)20/h3-5,7H,2,6,8-10H2,1H3,(H,21,23). The van der Waals surface area contributed by atoms with Gasteiger partial charge in [0.15, 0.2) is 6.61 Å². The number of ether oxygens (including phenoxy) is 2. The summed E-state index contributed by atoms with van der Waals surface area (Å²) < 4.78 is 47.1. The predicted octanol–water partition coefficient (Wildman–Crippen LogP) is 4.09. The zero-order valence-corrected chi connectivity index (χ0v) is 14.3. The maximum atomic E-state index is 12.3.